The molecule has 1 fully saturated rings. The van der Waals surface area contributed by atoms with Gasteiger partial charge >= 0.3 is 0 Å². The molecule has 1 aliphatic rings. The number of fused-ring (bicyclic) bond motifs is 2. The van der Waals surface area contributed by atoms with Crippen LogP contribution in [0.3, 0.4) is 0 Å². The van der Waals surface area contributed by atoms with Crippen molar-refractivity contribution in [3.8, 4) is 11.1 Å². The number of nitrogens with one attached hydrogen (secondary N) is 1. The zero-order valence-electron chi connectivity index (χ0n) is 14.1. The maximum absolute atomic E-state index is 13.0. The second kappa shape index (κ2) is 6.11. The molecule has 2 atom stereocenters. The van der Waals surface area contributed by atoms with Crippen molar-refractivity contribution in [2.24, 2.45) is 5.92 Å². The van der Waals surface area contributed by atoms with Crippen molar-refractivity contribution in [2.75, 3.05) is 5.32 Å². The highest BCUT2D eigenvalue weighted by molar-refractivity contribution is 7.17. The van der Waals surface area contributed by atoms with E-state index in [0.717, 1.165) is 26.9 Å². The molecule has 6 nitrogen and oxygen atoms in total. The molecule has 0 bridgehead atoms. The molecule has 1 aliphatic carbocycles. The van der Waals surface area contributed by atoms with E-state index in [1.54, 1.807) is 11.7 Å². The molecular formula is C19H15FN4O2S. The first-order valence-corrected chi connectivity index (χ1v) is 9.42. The molecule has 1 aromatic carbocycles. The summed E-state index contributed by atoms with van der Waals surface area (Å²) in [7, 11) is 0. The van der Waals surface area contributed by atoms with Crippen LogP contribution < -0.4 is 5.32 Å². The molecule has 5 rings (SSSR count). The average Bonchev–Trinajstić information content (AvgIpc) is 3.07. The van der Waals surface area contributed by atoms with Gasteiger partial charge in [0.1, 0.15) is 11.8 Å². The summed E-state index contributed by atoms with van der Waals surface area (Å²) >= 11 is 1.50. The van der Waals surface area contributed by atoms with E-state index >= 15 is 0 Å². The van der Waals surface area contributed by atoms with E-state index in [0.29, 0.717) is 11.5 Å². The van der Waals surface area contributed by atoms with Crippen LogP contribution in [-0.2, 0) is 11.4 Å². The van der Waals surface area contributed by atoms with Crippen LogP contribution in [0.5, 0.6) is 0 Å². The lowest BCUT2D eigenvalue weighted by Gasteiger charge is -2.09. The lowest BCUT2D eigenvalue weighted by Crippen LogP contribution is -2.15. The zero-order valence-corrected chi connectivity index (χ0v) is 14.9. The van der Waals surface area contributed by atoms with Gasteiger partial charge in [-0.3, -0.25) is 4.79 Å². The van der Waals surface area contributed by atoms with Gasteiger partial charge in [0.05, 0.1) is 34.4 Å². The number of carbonyl (C=O) groups is 1. The fraction of sp³-hybridized carbons (Fsp3) is 0.211. The number of amides is 1. The van der Waals surface area contributed by atoms with Gasteiger partial charge < -0.3 is 14.8 Å². The third kappa shape index (κ3) is 2.77. The van der Waals surface area contributed by atoms with Crippen molar-refractivity contribution in [3.05, 3.63) is 47.7 Å². The molecule has 136 valence electrons. The molecule has 27 heavy (non-hydrogen) atoms. The van der Waals surface area contributed by atoms with Gasteiger partial charge in [-0.2, -0.15) is 0 Å². The third-order valence-electron chi connectivity index (χ3n) is 4.82. The SMILES string of the molecule is O=C(Nc1cn2cc(-c3ccc4ncsc4c3CO)ccc2n1)C1CC1F. The van der Waals surface area contributed by atoms with Gasteiger partial charge in [0, 0.05) is 11.8 Å². The van der Waals surface area contributed by atoms with Crippen LogP contribution in [0.15, 0.2) is 42.2 Å². The summed E-state index contributed by atoms with van der Waals surface area (Å²) in [4.78, 5) is 20.6. The van der Waals surface area contributed by atoms with E-state index in [9.17, 15) is 14.3 Å². The first-order chi connectivity index (χ1) is 13.1. The van der Waals surface area contributed by atoms with Crippen LogP contribution in [0, 0.1) is 5.92 Å². The quantitative estimate of drug-likeness (QED) is 0.567. The Morgan fingerprint density at radius 3 is 2.96 bits per heavy atom. The minimum absolute atomic E-state index is 0.0794. The molecule has 2 unspecified atom stereocenters. The molecular weight excluding hydrogens is 367 g/mol. The monoisotopic (exact) mass is 382 g/mol. The van der Waals surface area contributed by atoms with Crippen molar-refractivity contribution < 1.29 is 14.3 Å². The smallest absolute Gasteiger partial charge is 0.231 e. The van der Waals surface area contributed by atoms with E-state index in [-0.39, 0.29) is 18.9 Å². The van der Waals surface area contributed by atoms with E-state index in [4.69, 9.17) is 0 Å². The van der Waals surface area contributed by atoms with Gasteiger partial charge in [0.2, 0.25) is 5.91 Å². The van der Waals surface area contributed by atoms with E-state index in [1.165, 1.54) is 11.3 Å². The number of hydrogen-bond donors (Lipinski definition) is 2. The van der Waals surface area contributed by atoms with Crippen molar-refractivity contribution in [1.29, 1.82) is 0 Å². The molecule has 0 aliphatic heterocycles. The summed E-state index contributed by atoms with van der Waals surface area (Å²) in [6, 6.07) is 7.65. The molecule has 3 heterocycles. The number of aliphatic hydroxyl groups excluding tert-OH is 1. The average molecular weight is 382 g/mol. The molecule has 2 N–H and O–H groups in total. The molecule has 0 spiro atoms. The van der Waals surface area contributed by atoms with Gasteiger partial charge in [-0.15, -0.1) is 11.3 Å². The molecule has 1 amide bonds. The lowest BCUT2D eigenvalue weighted by molar-refractivity contribution is -0.117. The highest BCUT2D eigenvalue weighted by Crippen LogP contribution is 2.35. The number of anilines is 1. The maximum atomic E-state index is 13.0. The molecule has 8 heteroatoms. The first kappa shape index (κ1) is 16.3. The third-order valence-corrected chi connectivity index (χ3v) is 5.72. The number of alkyl halides is 1. The zero-order chi connectivity index (χ0) is 18.5. The van der Waals surface area contributed by atoms with Crippen LogP contribution in [0.4, 0.5) is 10.2 Å². The number of aromatic nitrogens is 3. The van der Waals surface area contributed by atoms with Gasteiger partial charge in [-0.25, -0.2) is 14.4 Å². The predicted molar refractivity (Wildman–Crippen MR) is 101 cm³/mol. The normalized spacial score (nSPS) is 18.9. The second-order valence-electron chi connectivity index (χ2n) is 6.61. The maximum Gasteiger partial charge on any atom is 0.231 e. The van der Waals surface area contributed by atoms with E-state index in [1.807, 2.05) is 34.9 Å². The number of aliphatic hydroxyl groups is 1. The van der Waals surface area contributed by atoms with Crippen LogP contribution in [0.1, 0.15) is 12.0 Å². The number of benzene rings is 1. The summed E-state index contributed by atoms with van der Waals surface area (Å²) in [5, 5.41) is 12.5. The Kier molecular flexibility index (Phi) is 3.70. The molecule has 4 aromatic rings. The number of hydrogen-bond acceptors (Lipinski definition) is 5. The molecule has 1 saturated carbocycles. The molecule has 3 aromatic heterocycles. The van der Waals surface area contributed by atoms with Crippen molar-refractivity contribution in [2.45, 2.75) is 19.2 Å². The topological polar surface area (TPSA) is 79.5 Å². The van der Waals surface area contributed by atoms with Crippen LogP contribution >= 0.6 is 11.3 Å². The Hall–Kier alpha value is -2.84. The summed E-state index contributed by atoms with van der Waals surface area (Å²) in [6.07, 6.45) is 2.85. The predicted octanol–water partition coefficient (Wildman–Crippen LogP) is 3.40. The Morgan fingerprint density at radius 2 is 2.19 bits per heavy atom. The largest absolute Gasteiger partial charge is 0.392 e. The van der Waals surface area contributed by atoms with Crippen LogP contribution in [-0.4, -0.2) is 31.6 Å². The second-order valence-corrected chi connectivity index (χ2v) is 7.46. The molecule has 0 saturated heterocycles. The van der Waals surface area contributed by atoms with Gasteiger partial charge in [0.15, 0.2) is 5.82 Å². The minimum atomic E-state index is -1.04. The summed E-state index contributed by atoms with van der Waals surface area (Å²) in [6.45, 7) is -0.0794. The Bertz CT molecular complexity index is 1190. The Balaban J connectivity index is 1.52. The van der Waals surface area contributed by atoms with Crippen molar-refractivity contribution in [3.63, 3.8) is 0 Å². The standard InChI is InChI=1S/C19H15FN4O2S/c20-14-5-12(14)19(26)23-16-7-24-6-10(1-4-17(24)22-16)11-2-3-15-18(13(11)8-25)27-9-21-15/h1-4,6-7,9,12,14,25H,5,8H2,(H,23,26). The fourth-order valence-electron chi connectivity index (χ4n) is 3.28. The van der Waals surface area contributed by atoms with Gasteiger partial charge in [-0.1, -0.05) is 6.07 Å². The van der Waals surface area contributed by atoms with Gasteiger partial charge in [-0.05, 0) is 35.7 Å². The van der Waals surface area contributed by atoms with Crippen molar-refractivity contribution >= 4 is 38.9 Å². The number of carbonyl (C=O) groups excluding carboxylic acids is 1. The number of halogens is 1. The lowest BCUT2D eigenvalue weighted by atomic mass is 10.0. The highest BCUT2D eigenvalue weighted by atomic mass is 32.1. The number of rotatable bonds is 4. The fourth-order valence-corrected chi connectivity index (χ4v) is 4.11. The summed E-state index contributed by atoms with van der Waals surface area (Å²) in [5.41, 5.74) is 5.99. The van der Waals surface area contributed by atoms with Crippen molar-refractivity contribution in [1.82, 2.24) is 14.4 Å². The van der Waals surface area contributed by atoms with Crippen LogP contribution in [0.2, 0.25) is 0 Å². The van der Waals surface area contributed by atoms with Crippen LogP contribution in [0.25, 0.3) is 27.0 Å². The number of thiazole rings is 1. The summed E-state index contributed by atoms with van der Waals surface area (Å²) < 4.78 is 15.8. The van der Waals surface area contributed by atoms with Gasteiger partial charge in [0.25, 0.3) is 0 Å². The van der Waals surface area contributed by atoms with E-state index < -0.39 is 12.1 Å². The Labute approximate surface area is 157 Å². The molecule has 0 radical (unpaired) electrons. The number of nitrogens with zero attached hydrogens (tertiary/aromatic N) is 3. The Morgan fingerprint density at radius 1 is 1.33 bits per heavy atom. The first-order valence-electron chi connectivity index (χ1n) is 8.54. The highest BCUT2D eigenvalue weighted by Gasteiger charge is 2.43. The number of pyridine rings is 1. The number of imidazole rings is 1. The summed E-state index contributed by atoms with van der Waals surface area (Å²) in [5.74, 6) is -0.482. The minimum Gasteiger partial charge on any atom is -0.392 e. The van der Waals surface area contributed by atoms with E-state index in [2.05, 4.69) is 15.3 Å².